The van der Waals surface area contributed by atoms with Gasteiger partial charge in [0.2, 0.25) is 11.6 Å². The molecule has 1 amide bonds. The molecule has 5 heterocycles. The largest absolute Gasteiger partial charge is 0.325 e. The van der Waals surface area contributed by atoms with Crippen molar-refractivity contribution < 1.29 is 4.79 Å². The third kappa shape index (κ3) is 3.26. The normalized spacial score (nSPS) is 17.1. The predicted molar refractivity (Wildman–Crippen MR) is 135 cm³/mol. The maximum absolute atomic E-state index is 13.0. The Morgan fingerprint density at radius 3 is 2.83 bits per heavy atom. The van der Waals surface area contributed by atoms with Crippen LogP contribution in [0.15, 0.2) is 60.9 Å². The number of carbonyl (C=O) groups is 1. The Morgan fingerprint density at radius 1 is 1.06 bits per heavy atom. The zero-order valence-corrected chi connectivity index (χ0v) is 19.4. The van der Waals surface area contributed by atoms with Gasteiger partial charge >= 0.3 is 0 Å². The molecule has 5 aromatic rings. The number of hydrogen-bond acceptors (Lipinski definition) is 8. The lowest BCUT2D eigenvalue weighted by Gasteiger charge is -2.35. The lowest BCUT2D eigenvalue weighted by Crippen LogP contribution is -2.48. The third-order valence-corrected chi connectivity index (χ3v) is 7.39. The minimum Gasteiger partial charge on any atom is -0.325 e. The van der Waals surface area contributed by atoms with Crippen LogP contribution in [0.3, 0.4) is 0 Å². The molecule has 2 aromatic carbocycles. The number of aromatic nitrogens is 6. The Hall–Kier alpha value is -4.28. The summed E-state index contributed by atoms with van der Waals surface area (Å²) in [7, 11) is 0. The Kier molecular flexibility index (Phi) is 4.60. The number of anilines is 1. The van der Waals surface area contributed by atoms with Gasteiger partial charge < -0.3 is 5.32 Å². The Balaban J connectivity index is 1.22. The molecule has 0 atom stereocenters. The summed E-state index contributed by atoms with van der Waals surface area (Å²) in [6, 6.07) is 16.1. The van der Waals surface area contributed by atoms with Gasteiger partial charge in [0.15, 0.2) is 5.65 Å². The maximum Gasteiger partial charge on any atom is 0.235 e. The van der Waals surface area contributed by atoms with Gasteiger partial charge in [-0.1, -0.05) is 29.5 Å². The van der Waals surface area contributed by atoms with E-state index in [4.69, 9.17) is 10.8 Å². The molecule has 2 aliphatic rings. The van der Waals surface area contributed by atoms with Gasteiger partial charge in [-0.15, -0.1) is 5.10 Å². The van der Waals surface area contributed by atoms with Gasteiger partial charge in [-0.05, 0) is 48.2 Å². The number of nitrogens with zero attached hydrogens (tertiary/aromatic N) is 7. The number of pyridine rings is 1. The van der Waals surface area contributed by atoms with Crippen molar-refractivity contribution in [3.05, 3.63) is 72.1 Å². The zero-order valence-electron chi connectivity index (χ0n) is 19.4. The van der Waals surface area contributed by atoms with E-state index in [1.54, 1.807) is 22.1 Å². The highest BCUT2D eigenvalue weighted by molar-refractivity contribution is 6.07. The van der Waals surface area contributed by atoms with E-state index >= 15 is 0 Å². The van der Waals surface area contributed by atoms with Gasteiger partial charge in [0.05, 0.1) is 29.4 Å². The van der Waals surface area contributed by atoms with E-state index in [0.29, 0.717) is 49.5 Å². The molecule has 0 unspecified atom stereocenters. The molecule has 3 N–H and O–H groups in total. The second kappa shape index (κ2) is 7.87. The number of benzene rings is 2. The van der Waals surface area contributed by atoms with E-state index in [9.17, 15) is 4.79 Å². The second-order valence-electron chi connectivity index (χ2n) is 9.51. The number of nitrogens with one attached hydrogen (secondary N) is 1. The molecule has 1 saturated heterocycles. The van der Waals surface area contributed by atoms with E-state index < -0.39 is 5.41 Å². The van der Waals surface area contributed by atoms with Crippen LogP contribution in [0.25, 0.3) is 33.5 Å². The molecule has 36 heavy (non-hydrogen) atoms. The highest BCUT2D eigenvalue weighted by atomic mass is 16.2. The molecule has 7 rings (SSSR count). The van der Waals surface area contributed by atoms with Crippen molar-refractivity contribution in [3.8, 4) is 11.3 Å². The van der Waals surface area contributed by atoms with Crippen molar-refractivity contribution in [1.29, 1.82) is 0 Å². The zero-order chi connectivity index (χ0) is 24.3. The summed E-state index contributed by atoms with van der Waals surface area (Å²) in [5.74, 6) is 6.00. The lowest BCUT2D eigenvalue weighted by atomic mass is 9.74. The molecule has 2 aliphatic heterocycles. The van der Waals surface area contributed by atoms with Crippen molar-refractivity contribution in [3.63, 3.8) is 0 Å². The summed E-state index contributed by atoms with van der Waals surface area (Å²) >= 11 is 0. The van der Waals surface area contributed by atoms with Gasteiger partial charge in [-0.25, -0.2) is 19.7 Å². The topological polar surface area (TPSA) is 128 Å². The van der Waals surface area contributed by atoms with E-state index in [-0.39, 0.29) is 5.91 Å². The number of nitrogens with two attached hydrogens (primary N) is 1. The van der Waals surface area contributed by atoms with E-state index in [1.165, 1.54) is 0 Å². The van der Waals surface area contributed by atoms with Crippen LogP contribution < -0.4 is 11.2 Å². The summed E-state index contributed by atoms with van der Waals surface area (Å²) in [5.41, 5.74) is 6.06. The third-order valence-electron chi connectivity index (χ3n) is 7.39. The number of hydrogen-bond donors (Lipinski definition) is 2. The Bertz CT molecular complexity index is 1650. The first-order valence-corrected chi connectivity index (χ1v) is 11.9. The predicted octanol–water partition coefficient (Wildman–Crippen LogP) is 2.64. The quantitative estimate of drug-likeness (QED) is 0.380. The Morgan fingerprint density at radius 2 is 1.94 bits per heavy atom. The highest BCUT2D eigenvalue weighted by Crippen LogP contribution is 2.45. The van der Waals surface area contributed by atoms with Crippen LogP contribution in [-0.2, 0) is 16.8 Å². The standard InChI is InChI=1S/C26H23N9O/c27-34-10-7-26(8-11-34)19-5-4-18(13-21(19)31-25(26)36)22-14-29-23-24(30-22)35(33-32-23)15-16-3-6-20-17(12-16)2-1-9-28-20/h1-6,9,12-14H,7-8,10-11,15,27H2,(H,31,36). The molecule has 0 radical (unpaired) electrons. The molecule has 0 saturated carbocycles. The van der Waals surface area contributed by atoms with Gasteiger partial charge in [0.25, 0.3) is 0 Å². The van der Waals surface area contributed by atoms with Gasteiger partial charge in [0, 0.05) is 35.9 Å². The molecule has 1 fully saturated rings. The molecule has 10 heteroatoms. The second-order valence-corrected chi connectivity index (χ2v) is 9.51. The van der Waals surface area contributed by atoms with Crippen LogP contribution >= 0.6 is 0 Å². The van der Waals surface area contributed by atoms with Crippen LogP contribution in [0.5, 0.6) is 0 Å². The average Bonchev–Trinajstić information content (AvgIpc) is 3.43. The van der Waals surface area contributed by atoms with E-state index in [1.807, 2.05) is 42.5 Å². The summed E-state index contributed by atoms with van der Waals surface area (Å²) in [6.45, 7) is 1.91. The fourth-order valence-corrected chi connectivity index (χ4v) is 5.39. The van der Waals surface area contributed by atoms with Crippen molar-refractivity contribution in [2.45, 2.75) is 24.8 Å². The van der Waals surface area contributed by atoms with Crippen LogP contribution in [0.1, 0.15) is 24.0 Å². The van der Waals surface area contributed by atoms with Crippen molar-refractivity contribution in [1.82, 2.24) is 35.0 Å². The summed E-state index contributed by atoms with van der Waals surface area (Å²) in [6.07, 6.45) is 4.91. The molecular formula is C26H23N9O. The minimum atomic E-state index is -0.503. The van der Waals surface area contributed by atoms with Crippen molar-refractivity contribution in [2.24, 2.45) is 5.84 Å². The van der Waals surface area contributed by atoms with Crippen LogP contribution in [-0.4, -0.2) is 54.0 Å². The number of amides is 1. The molecule has 3 aromatic heterocycles. The fourth-order valence-electron chi connectivity index (χ4n) is 5.39. The Labute approximate surface area is 206 Å². The first-order valence-electron chi connectivity index (χ1n) is 11.9. The van der Waals surface area contributed by atoms with E-state index in [0.717, 1.165) is 33.3 Å². The average molecular weight is 478 g/mol. The minimum absolute atomic E-state index is 0.0529. The number of hydrazine groups is 1. The number of carbonyl (C=O) groups excluding carboxylic acids is 1. The first kappa shape index (κ1) is 21.0. The molecule has 1 spiro atoms. The highest BCUT2D eigenvalue weighted by Gasteiger charge is 2.48. The van der Waals surface area contributed by atoms with E-state index in [2.05, 4.69) is 31.7 Å². The van der Waals surface area contributed by atoms with Crippen LogP contribution in [0.4, 0.5) is 5.69 Å². The van der Waals surface area contributed by atoms with Crippen molar-refractivity contribution >= 4 is 33.8 Å². The van der Waals surface area contributed by atoms with Gasteiger partial charge in [-0.3, -0.25) is 15.6 Å². The SMILES string of the molecule is NN1CCC2(CC1)C(=O)Nc1cc(-c3cnc4nnn(Cc5ccc6ncccc6c5)c4n3)ccc12. The van der Waals surface area contributed by atoms with Gasteiger partial charge in [-0.2, -0.15) is 0 Å². The summed E-state index contributed by atoms with van der Waals surface area (Å²) in [5, 5.41) is 14.4. The fraction of sp³-hybridized carbons (Fsp3) is 0.231. The monoisotopic (exact) mass is 477 g/mol. The molecule has 0 aliphatic carbocycles. The smallest absolute Gasteiger partial charge is 0.235 e. The number of rotatable bonds is 3. The first-order chi connectivity index (χ1) is 17.6. The van der Waals surface area contributed by atoms with Crippen LogP contribution in [0.2, 0.25) is 0 Å². The number of piperidine rings is 1. The summed E-state index contributed by atoms with van der Waals surface area (Å²) in [4.78, 5) is 26.7. The summed E-state index contributed by atoms with van der Waals surface area (Å²) < 4.78 is 1.76. The van der Waals surface area contributed by atoms with Crippen molar-refractivity contribution in [2.75, 3.05) is 18.4 Å². The molecule has 0 bridgehead atoms. The van der Waals surface area contributed by atoms with Gasteiger partial charge in [0.1, 0.15) is 0 Å². The molecule has 178 valence electrons. The lowest BCUT2D eigenvalue weighted by molar-refractivity contribution is -0.122. The molecular weight excluding hydrogens is 454 g/mol. The number of fused-ring (bicyclic) bond motifs is 4. The molecule has 10 nitrogen and oxygen atoms in total. The maximum atomic E-state index is 13.0. The van der Waals surface area contributed by atoms with Crippen LogP contribution in [0, 0.1) is 0 Å².